The van der Waals surface area contributed by atoms with Crippen LogP contribution in [0, 0.1) is 10.1 Å². The molecular weight excluding hydrogens is 264 g/mol. The minimum Gasteiger partial charge on any atom is -0.380 e. The largest absolute Gasteiger partial charge is 0.380 e. The van der Waals surface area contributed by atoms with Crippen LogP contribution in [0.3, 0.4) is 0 Å². The van der Waals surface area contributed by atoms with Gasteiger partial charge in [-0.05, 0) is 44.4 Å². The molecule has 0 fully saturated rings. The van der Waals surface area contributed by atoms with E-state index >= 15 is 0 Å². The van der Waals surface area contributed by atoms with Gasteiger partial charge in [0.1, 0.15) is 0 Å². The zero-order valence-electron chi connectivity index (χ0n) is 12.4. The Morgan fingerprint density at radius 1 is 1.05 bits per heavy atom. The van der Waals surface area contributed by atoms with Crippen molar-refractivity contribution < 1.29 is 4.92 Å². The number of non-ortho nitro benzene ring substituents is 1. The summed E-state index contributed by atoms with van der Waals surface area (Å²) in [6.07, 6.45) is 1.97. The van der Waals surface area contributed by atoms with Crippen LogP contribution in [-0.4, -0.2) is 10.5 Å². The molecule has 110 valence electrons. The van der Waals surface area contributed by atoms with Crippen molar-refractivity contribution in [1.82, 2.24) is 0 Å². The molecule has 2 rings (SSSR count). The highest BCUT2D eigenvalue weighted by molar-refractivity contribution is 5.50. The molecule has 0 unspecified atom stereocenters. The highest BCUT2D eigenvalue weighted by Gasteiger charge is 2.17. The number of hydrogen-bond donors (Lipinski definition) is 1. The maximum Gasteiger partial charge on any atom is 0.269 e. The third-order valence-corrected chi connectivity index (χ3v) is 3.44. The van der Waals surface area contributed by atoms with Gasteiger partial charge in [-0.15, -0.1) is 0 Å². The summed E-state index contributed by atoms with van der Waals surface area (Å²) < 4.78 is 0. The van der Waals surface area contributed by atoms with Crippen LogP contribution in [-0.2, 0) is 6.42 Å². The third-order valence-electron chi connectivity index (χ3n) is 3.44. The summed E-state index contributed by atoms with van der Waals surface area (Å²) in [5, 5.41) is 14.1. The summed E-state index contributed by atoms with van der Waals surface area (Å²) in [5.74, 6) is 0. The standard InChI is InChI=1S/C17H20N2O2/c1-17(2,13-12-14-6-4-3-5-7-14)18-15-8-10-16(11-9-15)19(20)21/h3-11,18H,12-13H2,1-2H3. The van der Waals surface area contributed by atoms with Crippen LogP contribution >= 0.6 is 0 Å². The molecule has 2 aromatic rings. The SMILES string of the molecule is CC(C)(CCc1ccccc1)Nc1ccc([N+](=O)[O-])cc1. The Kier molecular flexibility index (Phi) is 4.58. The Morgan fingerprint density at radius 2 is 1.67 bits per heavy atom. The van der Waals surface area contributed by atoms with Crippen LogP contribution in [0.1, 0.15) is 25.8 Å². The summed E-state index contributed by atoms with van der Waals surface area (Å²) in [7, 11) is 0. The Hall–Kier alpha value is -2.36. The lowest BCUT2D eigenvalue weighted by atomic mass is 9.95. The topological polar surface area (TPSA) is 55.2 Å². The third kappa shape index (κ3) is 4.60. The number of nitro benzene ring substituents is 1. The molecule has 0 amide bonds. The van der Waals surface area contributed by atoms with Gasteiger partial charge in [0.15, 0.2) is 0 Å². The van der Waals surface area contributed by atoms with Crippen molar-refractivity contribution in [2.45, 2.75) is 32.2 Å². The number of nitrogens with zero attached hydrogens (tertiary/aromatic N) is 1. The highest BCUT2D eigenvalue weighted by atomic mass is 16.6. The molecule has 1 N–H and O–H groups in total. The van der Waals surface area contributed by atoms with Gasteiger partial charge >= 0.3 is 0 Å². The van der Waals surface area contributed by atoms with E-state index in [-0.39, 0.29) is 16.1 Å². The molecule has 0 radical (unpaired) electrons. The molecule has 21 heavy (non-hydrogen) atoms. The Bertz CT molecular complexity index is 592. The molecule has 0 aliphatic heterocycles. The molecule has 0 aliphatic carbocycles. The van der Waals surface area contributed by atoms with Gasteiger partial charge in [0.2, 0.25) is 0 Å². The van der Waals surface area contributed by atoms with E-state index in [0.717, 1.165) is 18.5 Å². The van der Waals surface area contributed by atoms with E-state index in [9.17, 15) is 10.1 Å². The predicted molar refractivity (Wildman–Crippen MR) is 85.6 cm³/mol. The average Bonchev–Trinajstić information content (AvgIpc) is 2.46. The van der Waals surface area contributed by atoms with Gasteiger partial charge in [-0.1, -0.05) is 30.3 Å². The molecule has 0 heterocycles. The number of hydrogen-bond acceptors (Lipinski definition) is 3. The first-order valence-electron chi connectivity index (χ1n) is 7.03. The lowest BCUT2D eigenvalue weighted by molar-refractivity contribution is -0.384. The molecule has 0 saturated heterocycles. The van der Waals surface area contributed by atoms with Crippen LogP contribution in [0.5, 0.6) is 0 Å². The molecule has 4 heteroatoms. The predicted octanol–water partition coefficient (Wildman–Crippen LogP) is 4.42. The fourth-order valence-corrected chi connectivity index (χ4v) is 2.22. The van der Waals surface area contributed by atoms with Crippen molar-refractivity contribution in [2.24, 2.45) is 0 Å². The number of anilines is 1. The van der Waals surface area contributed by atoms with E-state index in [4.69, 9.17) is 0 Å². The first-order chi connectivity index (χ1) is 9.96. The second kappa shape index (κ2) is 6.39. The van der Waals surface area contributed by atoms with Crippen molar-refractivity contribution in [3.63, 3.8) is 0 Å². The van der Waals surface area contributed by atoms with Crippen molar-refractivity contribution in [1.29, 1.82) is 0 Å². The maximum absolute atomic E-state index is 10.6. The van der Waals surface area contributed by atoms with Crippen LogP contribution in [0.4, 0.5) is 11.4 Å². The fraction of sp³-hybridized carbons (Fsp3) is 0.294. The lowest BCUT2D eigenvalue weighted by Gasteiger charge is -2.27. The van der Waals surface area contributed by atoms with Crippen molar-refractivity contribution in [2.75, 3.05) is 5.32 Å². The van der Waals surface area contributed by atoms with E-state index in [1.54, 1.807) is 12.1 Å². The van der Waals surface area contributed by atoms with Crippen LogP contribution < -0.4 is 5.32 Å². The Labute approximate surface area is 125 Å². The number of nitro groups is 1. The van der Waals surface area contributed by atoms with Gasteiger partial charge in [0, 0.05) is 23.4 Å². The normalized spacial score (nSPS) is 11.1. The summed E-state index contributed by atoms with van der Waals surface area (Å²) >= 11 is 0. The average molecular weight is 284 g/mol. The fourth-order valence-electron chi connectivity index (χ4n) is 2.22. The van der Waals surface area contributed by atoms with E-state index in [1.807, 2.05) is 18.2 Å². The number of nitrogens with one attached hydrogen (secondary N) is 1. The number of rotatable bonds is 6. The van der Waals surface area contributed by atoms with E-state index in [2.05, 4.69) is 31.3 Å². The molecule has 2 aromatic carbocycles. The number of aryl methyl sites for hydroxylation is 1. The van der Waals surface area contributed by atoms with Crippen LogP contribution in [0.2, 0.25) is 0 Å². The molecule has 0 bridgehead atoms. The van der Waals surface area contributed by atoms with Crippen molar-refractivity contribution in [3.8, 4) is 0 Å². The van der Waals surface area contributed by atoms with E-state index in [1.165, 1.54) is 17.7 Å². The molecule has 4 nitrogen and oxygen atoms in total. The van der Waals surface area contributed by atoms with E-state index < -0.39 is 0 Å². The molecule has 0 atom stereocenters. The zero-order chi connectivity index (χ0) is 15.3. The molecule has 0 saturated carbocycles. The van der Waals surface area contributed by atoms with Crippen LogP contribution in [0.25, 0.3) is 0 Å². The van der Waals surface area contributed by atoms with Crippen LogP contribution in [0.15, 0.2) is 54.6 Å². The summed E-state index contributed by atoms with van der Waals surface area (Å²) in [5.41, 5.74) is 2.25. The monoisotopic (exact) mass is 284 g/mol. The summed E-state index contributed by atoms with van der Waals surface area (Å²) in [4.78, 5) is 10.3. The maximum atomic E-state index is 10.6. The minimum atomic E-state index is -0.385. The van der Waals surface area contributed by atoms with Gasteiger partial charge < -0.3 is 5.32 Å². The van der Waals surface area contributed by atoms with Gasteiger partial charge in [-0.25, -0.2) is 0 Å². The second-order valence-electron chi connectivity index (χ2n) is 5.80. The van der Waals surface area contributed by atoms with Gasteiger partial charge in [-0.2, -0.15) is 0 Å². The quantitative estimate of drug-likeness (QED) is 0.631. The summed E-state index contributed by atoms with van der Waals surface area (Å²) in [6.45, 7) is 4.27. The Morgan fingerprint density at radius 3 is 2.24 bits per heavy atom. The van der Waals surface area contributed by atoms with Gasteiger partial charge in [0.25, 0.3) is 5.69 Å². The Balaban J connectivity index is 1.95. The molecule has 0 aliphatic rings. The van der Waals surface area contributed by atoms with Crippen molar-refractivity contribution >= 4 is 11.4 Å². The van der Waals surface area contributed by atoms with Crippen molar-refractivity contribution in [3.05, 3.63) is 70.3 Å². The zero-order valence-corrected chi connectivity index (χ0v) is 12.4. The van der Waals surface area contributed by atoms with Gasteiger partial charge in [0.05, 0.1) is 4.92 Å². The number of benzene rings is 2. The molecule has 0 spiro atoms. The first kappa shape index (κ1) is 15.0. The smallest absolute Gasteiger partial charge is 0.269 e. The second-order valence-corrected chi connectivity index (χ2v) is 5.80. The molecular formula is C17H20N2O2. The first-order valence-corrected chi connectivity index (χ1v) is 7.03. The molecule has 0 aromatic heterocycles. The van der Waals surface area contributed by atoms with Gasteiger partial charge in [-0.3, -0.25) is 10.1 Å². The minimum absolute atomic E-state index is 0.0774. The summed E-state index contributed by atoms with van der Waals surface area (Å²) in [6, 6.07) is 16.9. The lowest BCUT2D eigenvalue weighted by Crippen LogP contribution is -2.31. The van der Waals surface area contributed by atoms with E-state index in [0.29, 0.717) is 0 Å². The highest BCUT2D eigenvalue weighted by Crippen LogP contribution is 2.22.